The van der Waals surface area contributed by atoms with E-state index in [0.717, 1.165) is 15.2 Å². The number of nitrogens with one attached hydrogen (secondary N) is 2. The Labute approximate surface area is 118 Å². The van der Waals surface area contributed by atoms with E-state index in [1.54, 1.807) is 36.7 Å². The van der Waals surface area contributed by atoms with Crippen molar-refractivity contribution in [3.8, 4) is 0 Å². The van der Waals surface area contributed by atoms with Crippen LogP contribution >= 0.6 is 27.3 Å². The second-order valence-electron chi connectivity index (χ2n) is 3.60. The van der Waals surface area contributed by atoms with Gasteiger partial charge in [-0.05, 0) is 34.1 Å². The summed E-state index contributed by atoms with van der Waals surface area (Å²) < 4.78 is 1.04. The summed E-state index contributed by atoms with van der Waals surface area (Å²) in [5, 5.41) is 7.75. The molecule has 0 aliphatic carbocycles. The van der Waals surface area contributed by atoms with E-state index >= 15 is 0 Å². The predicted octanol–water partition coefficient (Wildman–Crippen LogP) is 2.88. The van der Waals surface area contributed by atoms with Crippen LogP contribution in [0.2, 0.25) is 0 Å². The normalized spacial score (nSPS) is 10.1. The molecule has 18 heavy (non-hydrogen) atoms. The molecule has 1 amide bonds. The van der Waals surface area contributed by atoms with E-state index in [1.165, 1.54) is 0 Å². The largest absolute Gasteiger partial charge is 0.373 e. The van der Waals surface area contributed by atoms with Gasteiger partial charge in [0.1, 0.15) is 5.82 Å². The van der Waals surface area contributed by atoms with Crippen LogP contribution in [0.15, 0.2) is 34.2 Å². The average Bonchev–Trinajstić information content (AvgIpc) is 2.82. The maximum atomic E-state index is 11.8. The number of halogens is 1. The molecule has 2 aromatic heterocycles. The minimum Gasteiger partial charge on any atom is -0.373 e. The Kier molecular flexibility index (Phi) is 4.33. The van der Waals surface area contributed by atoms with Crippen molar-refractivity contribution in [3.05, 3.63) is 44.7 Å². The molecule has 0 aromatic carbocycles. The SMILES string of the molecule is CNc1ccc(C(=O)NCc2cc(Br)cs2)cn1. The Morgan fingerprint density at radius 1 is 1.50 bits per heavy atom. The lowest BCUT2D eigenvalue weighted by molar-refractivity contribution is 0.0951. The number of hydrogen-bond donors (Lipinski definition) is 2. The van der Waals surface area contributed by atoms with Gasteiger partial charge < -0.3 is 10.6 Å². The minimum atomic E-state index is -0.116. The van der Waals surface area contributed by atoms with Gasteiger partial charge in [-0.2, -0.15) is 0 Å². The van der Waals surface area contributed by atoms with E-state index in [0.29, 0.717) is 12.1 Å². The van der Waals surface area contributed by atoms with Crippen molar-refractivity contribution in [2.24, 2.45) is 0 Å². The molecular weight excluding hydrogens is 314 g/mol. The van der Waals surface area contributed by atoms with Gasteiger partial charge in [0.15, 0.2) is 0 Å². The van der Waals surface area contributed by atoms with E-state index in [1.807, 2.05) is 11.4 Å². The first-order chi connectivity index (χ1) is 8.69. The van der Waals surface area contributed by atoms with Crippen LogP contribution in [0.25, 0.3) is 0 Å². The lowest BCUT2D eigenvalue weighted by atomic mass is 10.2. The maximum absolute atomic E-state index is 11.8. The highest BCUT2D eigenvalue weighted by molar-refractivity contribution is 9.10. The molecule has 0 saturated heterocycles. The van der Waals surface area contributed by atoms with Gasteiger partial charge in [0.2, 0.25) is 0 Å². The van der Waals surface area contributed by atoms with Crippen molar-refractivity contribution >= 4 is 39.0 Å². The third-order valence-electron chi connectivity index (χ3n) is 2.33. The number of amides is 1. The van der Waals surface area contributed by atoms with Gasteiger partial charge in [0.05, 0.1) is 12.1 Å². The molecule has 2 heterocycles. The monoisotopic (exact) mass is 325 g/mol. The fourth-order valence-corrected chi connectivity index (χ4v) is 2.78. The van der Waals surface area contributed by atoms with Crippen LogP contribution in [0.4, 0.5) is 5.82 Å². The highest BCUT2D eigenvalue weighted by Gasteiger charge is 2.06. The third kappa shape index (κ3) is 3.30. The summed E-state index contributed by atoms with van der Waals surface area (Å²) in [6.45, 7) is 0.531. The zero-order valence-electron chi connectivity index (χ0n) is 9.74. The standard InChI is InChI=1S/C12H12BrN3OS/c1-14-11-3-2-8(5-15-11)12(17)16-6-10-4-9(13)7-18-10/h2-5,7H,6H2,1H3,(H,14,15)(H,16,17). The Bertz CT molecular complexity index is 539. The van der Waals surface area contributed by atoms with Crippen LogP contribution in [-0.4, -0.2) is 17.9 Å². The molecule has 0 aliphatic heterocycles. The average molecular weight is 326 g/mol. The Morgan fingerprint density at radius 2 is 2.33 bits per heavy atom. The maximum Gasteiger partial charge on any atom is 0.253 e. The summed E-state index contributed by atoms with van der Waals surface area (Å²) in [5.74, 6) is 0.628. The number of thiophene rings is 1. The van der Waals surface area contributed by atoms with Gasteiger partial charge in [-0.1, -0.05) is 0 Å². The van der Waals surface area contributed by atoms with Gasteiger partial charge in [0, 0.05) is 28.0 Å². The van der Waals surface area contributed by atoms with Gasteiger partial charge in [-0.3, -0.25) is 4.79 Å². The molecule has 94 valence electrons. The summed E-state index contributed by atoms with van der Waals surface area (Å²) in [6, 6.07) is 5.52. The molecular formula is C12H12BrN3OS. The summed E-state index contributed by atoms with van der Waals surface area (Å²) in [5.41, 5.74) is 0.560. The van der Waals surface area contributed by atoms with E-state index in [9.17, 15) is 4.79 Å². The van der Waals surface area contributed by atoms with E-state index < -0.39 is 0 Å². The molecule has 0 bridgehead atoms. The summed E-state index contributed by atoms with van der Waals surface area (Å²) in [7, 11) is 1.79. The predicted molar refractivity (Wildman–Crippen MR) is 77.0 cm³/mol. The molecule has 2 aromatic rings. The van der Waals surface area contributed by atoms with Crippen LogP contribution < -0.4 is 10.6 Å². The van der Waals surface area contributed by atoms with Crippen molar-refractivity contribution < 1.29 is 4.79 Å². The van der Waals surface area contributed by atoms with Crippen molar-refractivity contribution in [3.63, 3.8) is 0 Å². The number of aromatic nitrogens is 1. The van der Waals surface area contributed by atoms with Crippen molar-refractivity contribution in [2.45, 2.75) is 6.54 Å². The molecule has 4 nitrogen and oxygen atoms in total. The van der Waals surface area contributed by atoms with Crippen LogP contribution in [0.1, 0.15) is 15.2 Å². The first kappa shape index (κ1) is 13.0. The highest BCUT2D eigenvalue weighted by atomic mass is 79.9. The number of rotatable bonds is 4. The second-order valence-corrected chi connectivity index (χ2v) is 5.51. The number of anilines is 1. The fraction of sp³-hybridized carbons (Fsp3) is 0.167. The smallest absolute Gasteiger partial charge is 0.253 e. The van der Waals surface area contributed by atoms with Crippen LogP contribution in [-0.2, 0) is 6.54 Å². The van der Waals surface area contributed by atoms with Crippen molar-refractivity contribution in [2.75, 3.05) is 12.4 Å². The van der Waals surface area contributed by atoms with Crippen LogP contribution in [0, 0.1) is 0 Å². The summed E-state index contributed by atoms with van der Waals surface area (Å²) in [6.07, 6.45) is 1.56. The van der Waals surface area contributed by atoms with Crippen LogP contribution in [0.5, 0.6) is 0 Å². The number of carbonyl (C=O) groups excluding carboxylic acids is 1. The molecule has 0 spiro atoms. The fourth-order valence-electron chi connectivity index (χ4n) is 1.39. The minimum absolute atomic E-state index is 0.116. The van der Waals surface area contributed by atoms with Crippen molar-refractivity contribution in [1.82, 2.24) is 10.3 Å². The summed E-state index contributed by atoms with van der Waals surface area (Å²) in [4.78, 5) is 17.1. The summed E-state index contributed by atoms with van der Waals surface area (Å²) >= 11 is 4.99. The first-order valence-electron chi connectivity index (χ1n) is 5.34. The quantitative estimate of drug-likeness (QED) is 0.908. The molecule has 0 radical (unpaired) electrons. The van der Waals surface area contributed by atoms with Gasteiger partial charge in [-0.25, -0.2) is 4.98 Å². The van der Waals surface area contributed by atoms with Crippen LogP contribution in [0.3, 0.4) is 0 Å². The van der Waals surface area contributed by atoms with Gasteiger partial charge >= 0.3 is 0 Å². The molecule has 2 N–H and O–H groups in total. The molecule has 2 rings (SSSR count). The first-order valence-corrected chi connectivity index (χ1v) is 7.01. The molecule has 0 unspecified atom stereocenters. The lowest BCUT2D eigenvalue weighted by Gasteiger charge is -2.04. The van der Waals surface area contributed by atoms with E-state index in [2.05, 4.69) is 31.5 Å². The van der Waals surface area contributed by atoms with Gasteiger partial charge in [0.25, 0.3) is 5.91 Å². The molecule has 0 aliphatic rings. The molecule has 0 fully saturated rings. The molecule has 6 heteroatoms. The number of carbonyl (C=O) groups is 1. The Hall–Kier alpha value is -1.40. The third-order valence-corrected chi connectivity index (χ3v) is 4.02. The van der Waals surface area contributed by atoms with E-state index in [-0.39, 0.29) is 5.91 Å². The zero-order chi connectivity index (χ0) is 13.0. The lowest BCUT2D eigenvalue weighted by Crippen LogP contribution is -2.22. The highest BCUT2D eigenvalue weighted by Crippen LogP contribution is 2.19. The van der Waals surface area contributed by atoms with Gasteiger partial charge in [-0.15, -0.1) is 11.3 Å². The number of pyridine rings is 1. The van der Waals surface area contributed by atoms with E-state index in [4.69, 9.17) is 0 Å². The number of hydrogen-bond acceptors (Lipinski definition) is 4. The Morgan fingerprint density at radius 3 is 2.89 bits per heavy atom. The molecule has 0 saturated carbocycles. The zero-order valence-corrected chi connectivity index (χ0v) is 12.1. The Balaban J connectivity index is 1.94. The topological polar surface area (TPSA) is 54.0 Å². The molecule has 0 atom stereocenters. The second kappa shape index (κ2) is 5.97. The van der Waals surface area contributed by atoms with Crippen molar-refractivity contribution in [1.29, 1.82) is 0 Å². The number of nitrogens with zero attached hydrogens (tertiary/aromatic N) is 1.